The van der Waals surface area contributed by atoms with Gasteiger partial charge in [-0.15, -0.1) is 0 Å². The lowest BCUT2D eigenvalue weighted by molar-refractivity contribution is -0.162. The van der Waals surface area contributed by atoms with Gasteiger partial charge in [0.15, 0.2) is 5.72 Å². The first kappa shape index (κ1) is 44.3. The minimum Gasteiger partial charge on any atom is -0.495 e. The van der Waals surface area contributed by atoms with Gasteiger partial charge in [-0.2, -0.15) is 0 Å². The topological polar surface area (TPSA) is 169 Å². The van der Waals surface area contributed by atoms with Crippen LogP contribution in [0, 0.1) is 5.92 Å². The number of halogens is 1. The first-order chi connectivity index (χ1) is 27.0. The lowest BCUT2D eigenvalue weighted by Crippen LogP contribution is -2.63. The summed E-state index contributed by atoms with van der Waals surface area (Å²) in [6.07, 6.45) is 2.76. The summed E-state index contributed by atoms with van der Waals surface area (Å²) in [7, 11) is 8.97. The normalized spacial score (nSPS) is 29.8. The van der Waals surface area contributed by atoms with Gasteiger partial charge in [0.1, 0.15) is 45.8 Å². The fraction of sp³-hybridized carbons (Fsp3) is 0.525. The number of fused-ring (bicyclic) bond motifs is 5. The number of pyridine rings is 1. The van der Waals surface area contributed by atoms with Crippen molar-refractivity contribution in [2.75, 3.05) is 39.0 Å². The van der Waals surface area contributed by atoms with Gasteiger partial charge in [0.25, 0.3) is 0 Å². The van der Waals surface area contributed by atoms with Crippen LogP contribution in [-0.4, -0.2) is 115 Å². The summed E-state index contributed by atoms with van der Waals surface area (Å²) < 4.78 is 29.3. The van der Waals surface area contributed by atoms with Gasteiger partial charge in [-0.25, -0.2) is 14.6 Å². The third-order valence-electron chi connectivity index (χ3n) is 10.7. The summed E-state index contributed by atoms with van der Waals surface area (Å²) in [5.74, 6) is -1.11. The first-order valence-electron chi connectivity index (χ1n) is 18.6. The van der Waals surface area contributed by atoms with Crippen LogP contribution in [0.5, 0.6) is 5.75 Å². The first-order valence-corrected chi connectivity index (χ1v) is 21.3. The number of methoxy groups -OCH3 is 2. The summed E-state index contributed by atoms with van der Waals surface area (Å²) in [6, 6.07) is 8.19. The molecule has 57 heavy (non-hydrogen) atoms. The predicted molar refractivity (Wildman–Crippen MR) is 218 cm³/mol. The molecule has 310 valence electrons. The van der Waals surface area contributed by atoms with Crippen LogP contribution >= 0.6 is 33.2 Å². The van der Waals surface area contributed by atoms with Crippen molar-refractivity contribution in [3.05, 3.63) is 70.9 Å². The van der Waals surface area contributed by atoms with Crippen LogP contribution in [0.15, 0.2) is 65.4 Å². The summed E-state index contributed by atoms with van der Waals surface area (Å²) in [4.78, 5) is 61.1. The number of nitrogens with one attached hydrogen (secondary N) is 1. The molecule has 17 heteroatoms. The van der Waals surface area contributed by atoms with Crippen molar-refractivity contribution in [1.82, 2.24) is 15.2 Å². The summed E-state index contributed by atoms with van der Waals surface area (Å²) in [5, 5.41) is 15.3. The number of esters is 1. The Bertz CT molecular complexity index is 1870. The molecule has 2 aromatic rings. The number of aliphatic hydroxyl groups is 1. The molecule has 2 N–H and O–H groups in total. The van der Waals surface area contributed by atoms with Crippen LogP contribution in [0.25, 0.3) is 0 Å². The van der Waals surface area contributed by atoms with E-state index in [0.29, 0.717) is 23.6 Å². The lowest BCUT2D eigenvalue weighted by Gasteiger charge is -2.42. The predicted octanol–water partition coefficient (Wildman–Crippen LogP) is 5.74. The van der Waals surface area contributed by atoms with E-state index in [1.165, 1.54) is 52.7 Å². The van der Waals surface area contributed by atoms with Crippen molar-refractivity contribution in [1.29, 1.82) is 0 Å². The van der Waals surface area contributed by atoms with Gasteiger partial charge in [0.05, 0.1) is 25.3 Å². The number of epoxide rings is 1. The second kappa shape index (κ2) is 18.9. The molecule has 2 saturated heterocycles. The van der Waals surface area contributed by atoms with Crippen LogP contribution < -0.4 is 15.0 Å². The average Bonchev–Trinajstić information content (AvgIpc) is 3.88. The maximum atomic E-state index is 14.2. The van der Waals surface area contributed by atoms with E-state index >= 15 is 0 Å². The monoisotopic (exact) mass is 846 g/mol. The second-order valence-corrected chi connectivity index (χ2v) is 17.5. The van der Waals surface area contributed by atoms with Crippen LogP contribution in [0.4, 0.5) is 10.5 Å². The Morgan fingerprint density at radius 1 is 1.25 bits per heavy atom. The van der Waals surface area contributed by atoms with E-state index in [1.807, 2.05) is 31.2 Å². The number of carbonyl (C=O) groups is 4. The van der Waals surface area contributed by atoms with Gasteiger partial charge in [-0.3, -0.25) is 14.9 Å². The Labute approximate surface area is 346 Å². The maximum absolute atomic E-state index is 14.2. The van der Waals surface area contributed by atoms with E-state index in [0.717, 1.165) is 16.2 Å². The third kappa shape index (κ3) is 10.4. The zero-order valence-corrected chi connectivity index (χ0v) is 35.7. The highest BCUT2D eigenvalue weighted by molar-refractivity contribution is 8.76. The molecule has 1 unspecified atom stereocenters. The number of rotatable bonds is 10. The zero-order chi connectivity index (χ0) is 41.7. The highest BCUT2D eigenvalue weighted by Gasteiger charge is 2.64. The summed E-state index contributed by atoms with van der Waals surface area (Å²) in [5.41, 5.74) is -0.941. The number of likely N-dealkylation sites (N-methyl/N-ethyl adjacent to an activating group) is 1. The molecular formula is C40H51ClN4O10S2. The van der Waals surface area contributed by atoms with Crippen LogP contribution in [-0.2, 0) is 39.8 Å². The number of carbonyl (C=O) groups excluding carboxylic acids is 4. The fourth-order valence-electron chi connectivity index (χ4n) is 7.02. The smallest absolute Gasteiger partial charge is 0.409 e. The quantitative estimate of drug-likeness (QED) is 0.129. The van der Waals surface area contributed by atoms with E-state index in [2.05, 4.69) is 10.3 Å². The molecule has 8 atom stereocenters. The molecule has 2 fully saturated rings. The number of hydrogen-bond acceptors (Lipinski definition) is 13. The molecule has 0 aliphatic carbocycles. The molecule has 0 spiro atoms. The van der Waals surface area contributed by atoms with Crippen LogP contribution in [0.1, 0.15) is 52.5 Å². The standard InChI is InChI=1S/C40H51ClN4O10S2/c1-23-12-11-13-30(52-8)40(50)22-29(53-38(49)43-40)24(2)36-39(4,55-36)31(21-34(47)45(6)27-19-26(18-23)20-28(51-7)35(27)41)54-37(48)25(3)44(5)33(46)15-17-56-57-32-14-9-10-16-42-32/h9-14,16,19-20,24-25,29-31,36,50H,15,17-18,21-22H2,1-8H3,(H,43,49)/b13-11-,23-12-/t24-,25+,29+,30-,31+,36+,39?,40+/m1/s1. The zero-order valence-electron chi connectivity index (χ0n) is 33.4. The molecule has 3 aliphatic heterocycles. The Balaban J connectivity index is 1.43. The second-order valence-electron chi connectivity index (χ2n) is 14.7. The van der Waals surface area contributed by atoms with E-state index in [1.54, 1.807) is 58.3 Å². The molecule has 4 heterocycles. The van der Waals surface area contributed by atoms with Crippen molar-refractivity contribution in [3.63, 3.8) is 0 Å². The Hall–Kier alpha value is -3.80. The molecule has 14 nitrogen and oxygen atoms in total. The van der Waals surface area contributed by atoms with E-state index in [-0.39, 0.29) is 30.2 Å². The number of aromatic nitrogens is 1. The molecule has 3 aliphatic rings. The van der Waals surface area contributed by atoms with Crippen molar-refractivity contribution in [3.8, 4) is 5.75 Å². The number of hydrogen-bond donors (Lipinski definition) is 2. The van der Waals surface area contributed by atoms with Gasteiger partial charge >= 0.3 is 12.1 Å². The number of allylic oxidation sites excluding steroid dienone is 3. The number of amides is 3. The van der Waals surface area contributed by atoms with Gasteiger partial charge in [-0.1, -0.05) is 59.2 Å². The number of ether oxygens (including phenoxy) is 5. The van der Waals surface area contributed by atoms with E-state index in [4.69, 9.17) is 35.3 Å². The Morgan fingerprint density at radius 3 is 2.68 bits per heavy atom. The largest absolute Gasteiger partial charge is 0.495 e. The van der Waals surface area contributed by atoms with Crippen LogP contribution in [0.2, 0.25) is 5.02 Å². The van der Waals surface area contributed by atoms with Crippen molar-refractivity contribution >= 4 is 62.8 Å². The number of alkyl carbamates (subject to hydrolysis) is 1. The maximum Gasteiger partial charge on any atom is 0.409 e. The van der Waals surface area contributed by atoms with Crippen molar-refractivity contribution in [2.24, 2.45) is 5.92 Å². The molecule has 4 bridgehead atoms. The summed E-state index contributed by atoms with van der Waals surface area (Å²) in [6.45, 7) is 7.01. The van der Waals surface area contributed by atoms with Gasteiger partial charge in [-0.05, 0) is 67.8 Å². The molecule has 5 rings (SSSR count). The highest BCUT2D eigenvalue weighted by atomic mass is 35.5. The van der Waals surface area contributed by atoms with E-state index < -0.39 is 65.7 Å². The SMILES string of the molecule is COc1cc2cc(c1Cl)N(C)C(=O)C[C@H](OC(=O)[C@H](C)N(C)C(=O)CCSSc1ccccn1)C1(C)O[C@H]1[C@H](C)[C@@H]1C[C@@](O)(NC(=O)O1)[C@H](OC)/C=C\C=C(\C)C2. The van der Waals surface area contributed by atoms with Gasteiger partial charge in [0, 0.05) is 51.9 Å². The third-order valence-corrected chi connectivity index (χ3v) is 13.4. The Morgan fingerprint density at radius 2 is 2.00 bits per heavy atom. The molecule has 3 amide bonds. The Kier molecular flexibility index (Phi) is 14.7. The number of benzene rings is 1. The molecule has 1 aromatic carbocycles. The van der Waals surface area contributed by atoms with Crippen molar-refractivity contribution < 1.29 is 48.0 Å². The molecular weight excluding hydrogens is 796 g/mol. The lowest BCUT2D eigenvalue weighted by atomic mass is 9.83. The molecule has 0 saturated carbocycles. The minimum absolute atomic E-state index is 0.0553. The molecule has 1 aromatic heterocycles. The van der Waals surface area contributed by atoms with Gasteiger partial charge < -0.3 is 38.6 Å². The van der Waals surface area contributed by atoms with Gasteiger partial charge in [0.2, 0.25) is 11.8 Å². The number of anilines is 1. The van der Waals surface area contributed by atoms with E-state index in [9.17, 15) is 24.3 Å². The highest BCUT2D eigenvalue weighted by Crippen LogP contribution is 2.49. The van der Waals surface area contributed by atoms with Crippen LogP contribution in [0.3, 0.4) is 0 Å². The average molecular weight is 847 g/mol. The summed E-state index contributed by atoms with van der Waals surface area (Å²) >= 11 is 6.78. The van der Waals surface area contributed by atoms with Crippen molar-refractivity contribution in [2.45, 2.75) is 100 Å². The fourth-order valence-corrected chi connectivity index (χ4v) is 9.19. The molecule has 0 radical (unpaired) electrons. The minimum atomic E-state index is -1.83. The number of nitrogens with zero attached hydrogens (tertiary/aromatic N) is 3.